The average molecular weight is 436 g/mol. The average Bonchev–Trinajstić information content (AvgIpc) is 3.00. The van der Waals surface area contributed by atoms with Crippen molar-refractivity contribution in [2.24, 2.45) is 10.9 Å². The molecule has 0 saturated carbocycles. The van der Waals surface area contributed by atoms with E-state index in [1.165, 1.54) is 24.3 Å². The van der Waals surface area contributed by atoms with Crippen LogP contribution in [0.3, 0.4) is 0 Å². The van der Waals surface area contributed by atoms with E-state index in [4.69, 9.17) is 0 Å². The van der Waals surface area contributed by atoms with Crippen LogP contribution < -0.4 is 10.6 Å². The molecule has 2 aliphatic rings. The normalized spacial score (nSPS) is 22.6. The van der Waals surface area contributed by atoms with Crippen LogP contribution in [-0.4, -0.2) is 51.9 Å². The molecule has 22 heavy (non-hydrogen) atoms. The molecule has 1 unspecified atom stereocenters. The van der Waals surface area contributed by atoms with Crippen LogP contribution in [0, 0.1) is 5.92 Å². The summed E-state index contributed by atoms with van der Waals surface area (Å²) in [7, 11) is 1.84. The number of nitrogens with one attached hydrogen (secondary N) is 2. The van der Waals surface area contributed by atoms with Gasteiger partial charge >= 0.3 is 0 Å². The number of aromatic nitrogens is 3. The van der Waals surface area contributed by atoms with Gasteiger partial charge in [-0.1, -0.05) is 0 Å². The molecule has 2 aliphatic heterocycles. The summed E-state index contributed by atoms with van der Waals surface area (Å²) in [6, 6.07) is 0.382. The maximum atomic E-state index is 4.35. The maximum absolute atomic E-state index is 4.35. The van der Waals surface area contributed by atoms with Crippen molar-refractivity contribution in [1.29, 1.82) is 0 Å². The van der Waals surface area contributed by atoms with E-state index in [1.807, 2.05) is 11.7 Å². The Kier molecular flexibility index (Phi) is 7.26. The highest BCUT2D eigenvalue weighted by molar-refractivity contribution is 14.0. The van der Waals surface area contributed by atoms with Gasteiger partial charge in [-0.3, -0.25) is 4.99 Å². The molecule has 1 saturated heterocycles. The minimum absolute atomic E-state index is 0. The smallest absolute Gasteiger partial charge is 0.191 e. The van der Waals surface area contributed by atoms with Crippen LogP contribution in [-0.2, 0) is 13.0 Å². The third-order valence-corrected chi connectivity index (χ3v) is 5.32. The number of nitrogens with zero attached hydrogens (tertiary/aromatic N) is 4. The van der Waals surface area contributed by atoms with Gasteiger partial charge < -0.3 is 10.6 Å². The molecule has 6 nitrogen and oxygen atoms in total. The van der Waals surface area contributed by atoms with Gasteiger partial charge in [-0.2, -0.15) is 16.9 Å². The molecule has 0 aliphatic carbocycles. The summed E-state index contributed by atoms with van der Waals surface area (Å²) in [5, 5.41) is 11.3. The zero-order chi connectivity index (χ0) is 14.5. The highest BCUT2D eigenvalue weighted by atomic mass is 127. The third-order valence-electron chi connectivity index (χ3n) is 4.27. The van der Waals surface area contributed by atoms with Crippen molar-refractivity contribution >= 4 is 41.7 Å². The van der Waals surface area contributed by atoms with E-state index in [-0.39, 0.29) is 24.0 Å². The number of hydrogen-bond acceptors (Lipinski definition) is 4. The first-order valence-corrected chi connectivity index (χ1v) is 8.92. The van der Waals surface area contributed by atoms with Gasteiger partial charge in [0.15, 0.2) is 5.96 Å². The Morgan fingerprint density at radius 3 is 3.00 bits per heavy atom. The maximum Gasteiger partial charge on any atom is 0.191 e. The van der Waals surface area contributed by atoms with Gasteiger partial charge in [-0.15, -0.1) is 24.0 Å². The van der Waals surface area contributed by atoms with Crippen LogP contribution in [0.1, 0.15) is 25.1 Å². The lowest BCUT2D eigenvalue weighted by atomic mass is 10.0. The molecular formula is C14H25IN6S. The lowest BCUT2D eigenvalue weighted by Crippen LogP contribution is -2.48. The molecule has 8 heteroatoms. The molecule has 1 aromatic rings. The van der Waals surface area contributed by atoms with E-state index in [0.29, 0.717) is 6.04 Å². The molecule has 124 valence electrons. The molecule has 0 amide bonds. The van der Waals surface area contributed by atoms with Gasteiger partial charge in [0, 0.05) is 26.1 Å². The Bertz CT molecular complexity index is 485. The fourth-order valence-electron chi connectivity index (χ4n) is 2.93. The fraction of sp³-hybridized carbons (Fsp3) is 0.786. The molecule has 1 aromatic heterocycles. The fourth-order valence-corrected chi connectivity index (χ4v) is 4.14. The summed E-state index contributed by atoms with van der Waals surface area (Å²) >= 11 is 2.07. The largest absolute Gasteiger partial charge is 0.356 e. The number of aryl methyl sites for hydroxylation is 1. The molecule has 3 heterocycles. The monoisotopic (exact) mass is 436 g/mol. The van der Waals surface area contributed by atoms with Crippen LogP contribution in [0.5, 0.6) is 0 Å². The van der Waals surface area contributed by atoms with Crippen molar-refractivity contribution in [2.45, 2.75) is 38.3 Å². The van der Waals surface area contributed by atoms with Gasteiger partial charge in [0.1, 0.15) is 12.2 Å². The predicted octanol–water partition coefficient (Wildman–Crippen LogP) is 1.52. The second kappa shape index (κ2) is 8.95. The molecular weight excluding hydrogens is 411 g/mol. The molecule has 0 radical (unpaired) electrons. The van der Waals surface area contributed by atoms with Crippen molar-refractivity contribution in [3.63, 3.8) is 0 Å². The first-order chi connectivity index (χ1) is 10.3. The van der Waals surface area contributed by atoms with Crippen molar-refractivity contribution < 1.29 is 0 Å². The molecule has 1 atom stereocenters. The molecule has 2 N–H and O–H groups in total. The van der Waals surface area contributed by atoms with Crippen LogP contribution in [0.25, 0.3) is 0 Å². The summed E-state index contributed by atoms with van der Waals surface area (Å²) in [6.45, 7) is 1.90. The molecule has 0 bridgehead atoms. The van der Waals surface area contributed by atoms with Gasteiger partial charge in [-0.05, 0) is 36.7 Å². The van der Waals surface area contributed by atoms with Crippen LogP contribution in [0.15, 0.2) is 11.3 Å². The van der Waals surface area contributed by atoms with Gasteiger partial charge in [0.2, 0.25) is 0 Å². The highest BCUT2D eigenvalue weighted by Gasteiger charge is 2.21. The summed E-state index contributed by atoms with van der Waals surface area (Å²) in [6.07, 6.45) is 6.35. The van der Waals surface area contributed by atoms with Crippen LogP contribution >= 0.6 is 35.7 Å². The first-order valence-electron chi connectivity index (χ1n) is 7.77. The lowest BCUT2D eigenvalue weighted by Gasteiger charge is -2.27. The van der Waals surface area contributed by atoms with E-state index in [2.05, 4.69) is 37.5 Å². The number of rotatable bonds is 3. The van der Waals surface area contributed by atoms with Gasteiger partial charge in [0.05, 0.1) is 6.54 Å². The number of thioether (sulfide) groups is 1. The minimum atomic E-state index is 0. The Morgan fingerprint density at radius 1 is 1.41 bits per heavy atom. The number of aliphatic imine (C=N–C) groups is 1. The van der Waals surface area contributed by atoms with Crippen molar-refractivity contribution in [2.75, 3.05) is 25.1 Å². The van der Waals surface area contributed by atoms with E-state index >= 15 is 0 Å². The topological polar surface area (TPSA) is 67.1 Å². The van der Waals surface area contributed by atoms with Crippen molar-refractivity contribution in [3.05, 3.63) is 12.2 Å². The predicted molar refractivity (Wildman–Crippen MR) is 102 cm³/mol. The molecule has 0 spiro atoms. The van der Waals surface area contributed by atoms with Crippen molar-refractivity contribution in [3.8, 4) is 0 Å². The SMILES string of the molecule is CN=C(NCC1CCSCC1)NC1CCc2ncnn2C1.I. The molecule has 1 fully saturated rings. The Hall–Kier alpha value is -0.510. The van der Waals surface area contributed by atoms with E-state index in [9.17, 15) is 0 Å². The van der Waals surface area contributed by atoms with Crippen LogP contribution in [0.4, 0.5) is 0 Å². The van der Waals surface area contributed by atoms with Crippen molar-refractivity contribution in [1.82, 2.24) is 25.4 Å². The standard InChI is InChI=1S/C14H24N6S.HI/c1-15-14(16-8-11-4-6-21-7-5-11)19-12-2-3-13-17-10-18-20(13)9-12;/h10-12H,2-9H2,1H3,(H2,15,16,19);1H. The van der Waals surface area contributed by atoms with E-state index in [1.54, 1.807) is 6.33 Å². The van der Waals surface area contributed by atoms with Gasteiger partial charge in [-0.25, -0.2) is 9.67 Å². The second-order valence-electron chi connectivity index (χ2n) is 5.75. The molecule has 3 rings (SSSR count). The number of fused-ring (bicyclic) bond motifs is 1. The highest BCUT2D eigenvalue weighted by Crippen LogP contribution is 2.21. The third kappa shape index (κ3) is 4.74. The summed E-state index contributed by atoms with van der Waals surface area (Å²) < 4.78 is 1.99. The lowest BCUT2D eigenvalue weighted by molar-refractivity contribution is 0.390. The Balaban J connectivity index is 0.00000176. The zero-order valence-corrected chi connectivity index (χ0v) is 16.1. The van der Waals surface area contributed by atoms with Crippen LogP contribution in [0.2, 0.25) is 0 Å². The summed E-state index contributed by atoms with van der Waals surface area (Å²) in [5.41, 5.74) is 0. The summed E-state index contributed by atoms with van der Waals surface area (Å²) in [5.74, 6) is 5.40. The first kappa shape index (κ1) is 17.8. The van der Waals surface area contributed by atoms with Gasteiger partial charge in [0.25, 0.3) is 0 Å². The number of guanidine groups is 1. The minimum Gasteiger partial charge on any atom is -0.356 e. The Morgan fingerprint density at radius 2 is 2.23 bits per heavy atom. The molecule has 0 aromatic carbocycles. The number of hydrogen-bond donors (Lipinski definition) is 2. The summed E-state index contributed by atoms with van der Waals surface area (Å²) in [4.78, 5) is 8.62. The zero-order valence-electron chi connectivity index (χ0n) is 13.0. The Labute approximate surface area is 153 Å². The van der Waals surface area contributed by atoms with E-state index < -0.39 is 0 Å². The van der Waals surface area contributed by atoms with E-state index in [0.717, 1.165) is 43.6 Å². The quantitative estimate of drug-likeness (QED) is 0.428. The second-order valence-corrected chi connectivity index (χ2v) is 6.97. The number of halogens is 1.